The molecule has 2 rings (SSSR count). The van der Waals surface area contributed by atoms with Crippen molar-refractivity contribution in [2.24, 2.45) is 5.92 Å². The minimum atomic E-state index is -0.289. The first-order valence-corrected chi connectivity index (χ1v) is 6.39. The Bertz CT molecular complexity index is 646. The summed E-state index contributed by atoms with van der Waals surface area (Å²) in [5.41, 5.74) is 2.30. The number of rotatable bonds is 4. The van der Waals surface area contributed by atoms with Gasteiger partial charge in [-0.1, -0.05) is 25.1 Å². The summed E-state index contributed by atoms with van der Waals surface area (Å²) >= 11 is 0. The maximum atomic E-state index is 12.5. The number of Topliss-reactive ketones (excluding diaryl/α,β-unsaturated/α-hetero) is 2. The van der Waals surface area contributed by atoms with Gasteiger partial charge in [-0.2, -0.15) is 0 Å². The van der Waals surface area contributed by atoms with Crippen LogP contribution in [0.2, 0.25) is 0 Å². The van der Waals surface area contributed by atoms with Crippen LogP contribution in [0.25, 0.3) is 10.9 Å². The zero-order valence-corrected chi connectivity index (χ0v) is 11.4. The van der Waals surface area contributed by atoms with Crippen molar-refractivity contribution in [2.75, 3.05) is 0 Å². The van der Waals surface area contributed by atoms with Crippen molar-refractivity contribution in [1.82, 2.24) is 4.98 Å². The lowest BCUT2D eigenvalue weighted by atomic mass is 9.92. The molecule has 0 amide bonds. The van der Waals surface area contributed by atoms with Crippen LogP contribution in [0.5, 0.6) is 0 Å². The molecule has 0 bridgehead atoms. The Hall–Kier alpha value is -2.03. The van der Waals surface area contributed by atoms with Crippen molar-refractivity contribution in [3.8, 4) is 0 Å². The van der Waals surface area contributed by atoms with E-state index in [9.17, 15) is 9.59 Å². The van der Waals surface area contributed by atoms with Crippen molar-refractivity contribution in [3.63, 3.8) is 0 Å². The van der Waals surface area contributed by atoms with E-state index in [1.807, 2.05) is 31.2 Å². The number of carbonyl (C=O) groups excluding carboxylic acids is 2. The maximum absolute atomic E-state index is 12.5. The van der Waals surface area contributed by atoms with Crippen LogP contribution in [0.15, 0.2) is 30.3 Å². The molecule has 0 saturated heterocycles. The summed E-state index contributed by atoms with van der Waals surface area (Å²) in [5.74, 6) is -0.240. The normalized spacial score (nSPS) is 12.4. The number of hydrogen-bond acceptors (Lipinski definition) is 3. The van der Waals surface area contributed by atoms with Crippen LogP contribution < -0.4 is 0 Å². The Kier molecular flexibility index (Phi) is 3.74. The number of fused-ring (bicyclic) bond motifs is 1. The fraction of sp³-hybridized carbons (Fsp3) is 0.312. The predicted octanol–water partition coefficient (Wildman–Crippen LogP) is 3.34. The third-order valence-corrected chi connectivity index (χ3v) is 3.15. The van der Waals surface area contributed by atoms with Gasteiger partial charge in [-0.3, -0.25) is 9.78 Å². The molecule has 1 aromatic carbocycles. The molecule has 1 heterocycles. The Balaban J connectivity index is 2.49. The number of aromatic nitrogens is 1. The third kappa shape index (κ3) is 2.87. The van der Waals surface area contributed by atoms with Gasteiger partial charge < -0.3 is 4.79 Å². The molecule has 98 valence electrons. The van der Waals surface area contributed by atoms with Crippen LogP contribution in [0.3, 0.4) is 0 Å². The Morgan fingerprint density at radius 3 is 2.63 bits per heavy atom. The van der Waals surface area contributed by atoms with Gasteiger partial charge in [0, 0.05) is 29.0 Å². The number of nitrogens with zero attached hydrogens (tertiary/aromatic N) is 1. The average Bonchev–Trinajstić information content (AvgIpc) is 2.36. The molecule has 3 nitrogen and oxygen atoms in total. The summed E-state index contributed by atoms with van der Waals surface area (Å²) in [6.45, 7) is 5.19. The van der Waals surface area contributed by atoms with Gasteiger partial charge in [0.25, 0.3) is 0 Å². The highest BCUT2D eigenvalue weighted by Gasteiger charge is 2.19. The summed E-state index contributed by atoms with van der Waals surface area (Å²) < 4.78 is 0. The lowest BCUT2D eigenvalue weighted by Crippen LogP contribution is -2.15. The largest absolute Gasteiger partial charge is 0.300 e. The highest BCUT2D eigenvalue weighted by molar-refractivity contribution is 6.09. The van der Waals surface area contributed by atoms with Crippen molar-refractivity contribution in [2.45, 2.75) is 27.2 Å². The standard InChI is InChI=1S/C16H17NO2/c1-10(8-12(3)18)16(19)14-9-11(2)17-15-7-5-4-6-13(14)15/h4-7,9-10H,8H2,1-3H3. The second kappa shape index (κ2) is 5.31. The minimum Gasteiger partial charge on any atom is -0.300 e. The molecule has 1 unspecified atom stereocenters. The number of aryl methyl sites for hydroxylation is 1. The van der Waals surface area contributed by atoms with Crippen LogP contribution in [-0.2, 0) is 4.79 Å². The lowest BCUT2D eigenvalue weighted by Gasteiger charge is -2.11. The molecule has 0 saturated carbocycles. The second-order valence-corrected chi connectivity index (χ2v) is 5.00. The Labute approximate surface area is 112 Å². The molecule has 0 radical (unpaired) electrons. The van der Waals surface area contributed by atoms with Gasteiger partial charge >= 0.3 is 0 Å². The first-order valence-electron chi connectivity index (χ1n) is 6.39. The summed E-state index contributed by atoms with van der Waals surface area (Å²) in [7, 11) is 0. The number of hydrogen-bond donors (Lipinski definition) is 0. The van der Waals surface area contributed by atoms with Gasteiger partial charge in [-0.05, 0) is 26.0 Å². The van der Waals surface area contributed by atoms with Crippen LogP contribution in [-0.4, -0.2) is 16.6 Å². The van der Waals surface area contributed by atoms with E-state index < -0.39 is 0 Å². The average molecular weight is 255 g/mol. The molecule has 1 atom stereocenters. The number of carbonyl (C=O) groups is 2. The molecule has 19 heavy (non-hydrogen) atoms. The number of benzene rings is 1. The zero-order chi connectivity index (χ0) is 14.0. The first-order chi connectivity index (χ1) is 8.99. The molecule has 2 aromatic rings. The monoisotopic (exact) mass is 255 g/mol. The molecule has 0 spiro atoms. The van der Waals surface area contributed by atoms with E-state index in [0.717, 1.165) is 16.6 Å². The van der Waals surface area contributed by atoms with Crippen molar-refractivity contribution >= 4 is 22.5 Å². The molecule has 3 heteroatoms. The number of para-hydroxylation sites is 1. The smallest absolute Gasteiger partial charge is 0.166 e. The third-order valence-electron chi connectivity index (χ3n) is 3.15. The quantitative estimate of drug-likeness (QED) is 0.787. The highest BCUT2D eigenvalue weighted by atomic mass is 16.1. The number of ketones is 2. The molecule has 0 N–H and O–H groups in total. The predicted molar refractivity (Wildman–Crippen MR) is 75.3 cm³/mol. The summed E-state index contributed by atoms with van der Waals surface area (Å²) in [4.78, 5) is 28.0. The zero-order valence-electron chi connectivity index (χ0n) is 11.4. The Morgan fingerprint density at radius 2 is 1.95 bits per heavy atom. The van der Waals surface area contributed by atoms with E-state index in [1.54, 1.807) is 13.0 Å². The fourth-order valence-electron chi connectivity index (χ4n) is 2.30. The van der Waals surface area contributed by atoms with E-state index in [0.29, 0.717) is 5.56 Å². The van der Waals surface area contributed by atoms with Gasteiger partial charge in [-0.15, -0.1) is 0 Å². The van der Waals surface area contributed by atoms with E-state index >= 15 is 0 Å². The molecule has 0 fully saturated rings. The van der Waals surface area contributed by atoms with Crippen molar-refractivity contribution in [1.29, 1.82) is 0 Å². The molecule has 1 aromatic heterocycles. The van der Waals surface area contributed by atoms with Gasteiger partial charge in [0.2, 0.25) is 0 Å². The molecular formula is C16H17NO2. The maximum Gasteiger partial charge on any atom is 0.166 e. The summed E-state index contributed by atoms with van der Waals surface area (Å²) in [6, 6.07) is 9.40. The summed E-state index contributed by atoms with van der Waals surface area (Å²) in [5, 5.41) is 0.855. The van der Waals surface area contributed by atoms with E-state index in [1.165, 1.54) is 6.92 Å². The van der Waals surface area contributed by atoms with Gasteiger partial charge in [0.1, 0.15) is 5.78 Å². The number of pyridine rings is 1. The van der Waals surface area contributed by atoms with Crippen LogP contribution in [0.4, 0.5) is 0 Å². The minimum absolute atomic E-state index is 0.0110. The second-order valence-electron chi connectivity index (χ2n) is 5.00. The van der Waals surface area contributed by atoms with Gasteiger partial charge in [0.05, 0.1) is 5.52 Å². The molecule has 0 aliphatic rings. The van der Waals surface area contributed by atoms with E-state index in [2.05, 4.69) is 4.98 Å². The van der Waals surface area contributed by atoms with Crippen LogP contribution in [0, 0.1) is 12.8 Å². The van der Waals surface area contributed by atoms with E-state index in [4.69, 9.17) is 0 Å². The molecular weight excluding hydrogens is 238 g/mol. The first kappa shape index (κ1) is 13.4. The van der Waals surface area contributed by atoms with E-state index in [-0.39, 0.29) is 23.9 Å². The molecule has 0 aliphatic carbocycles. The van der Waals surface area contributed by atoms with Crippen molar-refractivity contribution < 1.29 is 9.59 Å². The fourth-order valence-corrected chi connectivity index (χ4v) is 2.30. The van der Waals surface area contributed by atoms with Gasteiger partial charge in [-0.25, -0.2) is 0 Å². The summed E-state index contributed by atoms with van der Waals surface area (Å²) in [6.07, 6.45) is 0.286. The van der Waals surface area contributed by atoms with Gasteiger partial charge in [0.15, 0.2) is 5.78 Å². The Morgan fingerprint density at radius 1 is 1.26 bits per heavy atom. The molecule has 0 aliphatic heterocycles. The van der Waals surface area contributed by atoms with Crippen LogP contribution in [0.1, 0.15) is 36.3 Å². The topological polar surface area (TPSA) is 47.0 Å². The lowest BCUT2D eigenvalue weighted by molar-refractivity contribution is -0.117. The van der Waals surface area contributed by atoms with Crippen molar-refractivity contribution in [3.05, 3.63) is 41.6 Å². The SMILES string of the molecule is CC(=O)CC(C)C(=O)c1cc(C)nc2ccccc12. The van der Waals surface area contributed by atoms with Crippen LogP contribution >= 0.6 is 0 Å². The highest BCUT2D eigenvalue weighted by Crippen LogP contribution is 2.22.